The van der Waals surface area contributed by atoms with Crippen molar-refractivity contribution < 1.29 is 15.0 Å². The second kappa shape index (κ2) is 53.0. The summed E-state index contributed by atoms with van der Waals surface area (Å²) in [6, 6.07) is -0.537. The highest BCUT2D eigenvalue weighted by Gasteiger charge is 2.20. The molecule has 0 bridgehead atoms. The standard InChI is InChI=1S/C57H109NO3/c1-3-5-7-9-11-13-15-17-19-21-23-25-26-27-28-29-30-31-32-33-35-37-39-41-43-45-47-49-51-53-57(61)58-55(54-59)56(60)52-50-48-46-44-42-40-38-36-34-24-22-20-18-16-14-12-10-8-6-4-2/h15,17,21,23,26-27,55-56,59-60H,3-14,16,18-20,22,24-25,28-54H2,1-2H3,(H,58,61)/b17-15-,23-21-,27-26-. The predicted octanol–water partition coefficient (Wildman–Crippen LogP) is 18.1. The van der Waals surface area contributed by atoms with Crippen molar-refractivity contribution in [1.29, 1.82) is 0 Å². The zero-order chi connectivity index (χ0) is 44.2. The topological polar surface area (TPSA) is 69.6 Å². The molecule has 2 atom stereocenters. The van der Waals surface area contributed by atoms with Crippen molar-refractivity contribution in [2.75, 3.05) is 6.61 Å². The first-order chi connectivity index (χ1) is 30.2. The minimum atomic E-state index is -0.660. The maximum Gasteiger partial charge on any atom is 0.220 e. The largest absolute Gasteiger partial charge is 0.394 e. The molecule has 0 aromatic carbocycles. The van der Waals surface area contributed by atoms with E-state index >= 15 is 0 Å². The van der Waals surface area contributed by atoms with Gasteiger partial charge in [0.1, 0.15) is 0 Å². The maximum absolute atomic E-state index is 12.5. The minimum Gasteiger partial charge on any atom is -0.394 e. The molecule has 0 aliphatic carbocycles. The number of aliphatic hydroxyl groups is 2. The van der Waals surface area contributed by atoms with Crippen LogP contribution in [0.5, 0.6) is 0 Å². The average Bonchev–Trinajstić information content (AvgIpc) is 3.26. The van der Waals surface area contributed by atoms with Gasteiger partial charge in [0.15, 0.2) is 0 Å². The summed E-state index contributed by atoms with van der Waals surface area (Å²) in [4.78, 5) is 12.5. The van der Waals surface area contributed by atoms with Gasteiger partial charge in [-0.25, -0.2) is 0 Å². The van der Waals surface area contributed by atoms with E-state index in [-0.39, 0.29) is 12.5 Å². The fourth-order valence-electron chi connectivity index (χ4n) is 8.66. The van der Waals surface area contributed by atoms with Gasteiger partial charge in [-0.15, -0.1) is 0 Å². The van der Waals surface area contributed by atoms with Crippen LogP contribution in [0, 0.1) is 0 Å². The Kier molecular flexibility index (Phi) is 51.7. The predicted molar refractivity (Wildman–Crippen MR) is 272 cm³/mol. The lowest BCUT2D eigenvalue weighted by Gasteiger charge is -2.22. The molecule has 0 aromatic rings. The molecule has 0 aliphatic rings. The third-order valence-corrected chi connectivity index (χ3v) is 12.9. The van der Waals surface area contributed by atoms with Crippen LogP contribution < -0.4 is 5.32 Å². The van der Waals surface area contributed by atoms with Gasteiger partial charge in [-0.2, -0.15) is 0 Å². The van der Waals surface area contributed by atoms with Gasteiger partial charge in [0.2, 0.25) is 5.91 Å². The van der Waals surface area contributed by atoms with Crippen LogP contribution in [-0.2, 0) is 4.79 Å². The van der Waals surface area contributed by atoms with Crippen LogP contribution >= 0.6 is 0 Å². The molecule has 2 unspecified atom stereocenters. The quantitative estimate of drug-likeness (QED) is 0.0422. The van der Waals surface area contributed by atoms with E-state index in [1.807, 2.05) is 0 Å². The minimum absolute atomic E-state index is 0.0284. The van der Waals surface area contributed by atoms with Gasteiger partial charge in [0.05, 0.1) is 18.8 Å². The molecule has 0 aliphatic heterocycles. The fraction of sp³-hybridized carbons (Fsp3) is 0.877. The van der Waals surface area contributed by atoms with Crippen LogP contribution in [0.1, 0.15) is 303 Å². The molecule has 4 nitrogen and oxygen atoms in total. The van der Waals surface area contributed by atoms with E-state index in [0.717, 1.165) is 38.5 Å². The van der Waals surface area contributed by atoms with Gasteiger partial charge < -0.3 is 15.5 Å². The van der Waals surface area contributed by atoms with Crippen LogP contribution in [0.4, 0.5) is 0 Å². The Labute approximate surface area is 382 Å². The number of carbonyl (C=O) groups excluding carboxylic acids is 1. The number of allylic oxidation sites excluding steroid dienone is 6. The van der Waals surface area contributed by atoms with Crippen molar-refractivity contribution in [3.63, 3.8) is 0 Å². The number of rotatable bonds is 51. The third-order valence-electron chi connectivity index (χ3n) is 12.9. The summed E-state index contributed by atoms with van der Waals surface area (Å²) in [6.45, 7) is 4.37. The molecule has 0 fully saturated rings. The zero-order valence-electron chi connectivity index (χ0n) is 41.4. The average molecular weight is 857 g/mol. The first-order valence-electron chi connectivity index (χ1n) is 27.7. The van der Waals surface area contributed by atoms with Gasteiger partial charge in [0.25, 0.3) is 0 Å². The van der Waals surface area contributed by atoms with E-state index in [1.54, 1.807) is 0 Å². The number of carbonyl (C=O) groups is 1. The Morgan fingerprint density at radius 3 is 1.00 bits per heavy atom. The number of hydrogen-bond acceptors (Lipinski definition) is 3. The summed E-state index contributed by atoms with van der Waals surface area (Å²) in [6.07, 6.45) is 71.2. The fourth-order valence-corrected chi connectivity index (χ4v) is 8.66. The summed E-state index contributed by atoms with van der Waals surface area (Å²) in [7, 11) is 0. The molecule has 0 rings (SSSR count). The van der Waals surface area contributed by atoms with Crippen LogP contribution in [0.3, 0.4) is 0 Å². The van der Waals surface area contributed by atoms with Crippen molar-refractivity contribution >= 4 is 5.91 Å². The van der Waals surface area contributed by atoms with Crippen molar-refractivity contribution in [1.82, 2.24) is 5.32 Å². The second-order valence-corrected chi connectivity index (χ2v) is 19.0. The maximum atomic E-state index is 12.5. The molecule has 3 N–H and O–H groups in total. The Morgan fingerprint density at radius 2 is 0.672 bits per heavy atom. The van der Waals surface area contributed by atoms with Crippen molar-refractivity contribution in [3.05, 3.63) is 36.5 Å². The van der Waals surface area contributed by atoms with E-state index in [2.05, 4.69) is 55.6 Å². The Bertz CT molecular complexity index is 928. The SMILES string of the molecule is CCCCCCC/C=C\C/C=C\C/C=C\CCCCCCCCCCCCCCCCC(=O)NC(CO)C(O)CCCCCCCCCCCCCCCCCCCCCC. The lowest BCUT2D eigenvalue weighted by atomic mass is 10.0. The highest BCUT2D eigenvalue weighted by atomic mass is 16.3. The molecule has 0 saturated carbocycles. The Morgan fingerprint density at radius 1 is 0.393 bits per heavy atom. The summed E-state index contributed by atoms with van der Waals surface area (Å²) >= 11 is 0. The van der Waals surface area contributed by atoms with Gasteiger partial charge >= 0.3 is 0 Å². The van der Waals surface area contributed by atoms with Crippen LogP contribution in [-0.4, -0.2) is 34.9 Å². The molecule has 0 aromatic heterocycles. The lowest BCUT2D eigenvalue weighted by Crippen LogP contribution is -2.45. The molecule has 360 valence electrons. The molecule has 4 heteroatoms. The second-order valence-electron chi connectivity index (χ2n) is 19.0. The van der Waals surface area contributed by atoms with E-state index in [1.165, 1.54) is 238 Å². The lowest BCUT2D eigenvalue weighted by molar-refractivity contribution is -0.123. The molecule has 0 radical (unpaired) electrons. The Balaban J connectivity index is 3.46. The van der Waals surface area contributed by atoms with Gasteiger partial charge in [-0.3, -0.25) is 4.79 Å². The van der Waals surface area contributed by atoms with Gasteiger partial charge in [0, 0.05) is 6.42 Å². The molecular weight excluding hydrogens is 747 g/mol. The van der Waals surface area contributed by atoms with Gasteiger partial charge in [-0.1, -0.05) is 281 Å². The number of aliphatic hydroxyl groups excluding tert-OH is 2. The number of unbranched alkanes of at least 4 members (excludes halogenated alkanes) is 38. The van der Waals surface area contributed by atoms with Crippen molar-refractivity contribution in [2.24, 2.45) is 0 Å². The molecule has 0 saturated heterocycles. The number of nitrogens with one attached hydrogen (secondary N) is 1. The van der Waals surface area contributed by atoms with Crippen molar-refractivity contribution in [2.45, 2.75) is 315 Å². The normalized spacial score (nSPS) is 13.0. The number of hydrogen-bond donors (Lipinski definition) is 3. The molecule has 1 amide bonds. The van der Waals surface area contributed by atoms with Crippen LogP contribution in [0.15, 0.2) is 36.5 Å². The van der Waals surface area contributed by atoms with E-state index in [9.17, 15) is 15.0 Å². The number of amides is 1. The highest BCUT2D eigenvalue weighted by molar-refractivity contribution is 5.76. The monoisotopic (exact) mass is 856 g/mol. The first-order valence-corrected chi connectivity index (χ1v) is 27.7. The van der Waals surface area contributed by atoms with Crippen LogP contribution in [0.2, 0.25) is 0 Å². The van der Waals surface area contributed by atoms with Crippen LogP contribution in [0.25, 0.3) is 0 Å². The molecule has 0 spiro atoms. The van der Waals surface area contributed by atoms with E-state index < -0.39 is 12.1 Å². The molecule has 0 heterocycles. The smallest absolute Gasteiger partial charge is 0.220 e. The first kappa shape index (κ1) is 59.6. The summed E-state index contributed by atoms with van der Waals surface area (Å²) in [5.74, 6) is -0.0284. The zero-order valence-corrected chi connectivity index (χ0v) is 41.4. The van der Waals surface area contributed by atoms with Gasteiger partial charge in [-0.05, 0) is 51.4 Å². The van der Waals surface area contributed by atoms with Crippen molar-refractivity contribution in [3.8, 4) is 0 Å². The summed E-state index contributed by atoms with van der Waals surface area (Å²) < 4.78 is 0. The van der Waals surface area contributed by atoms with E-state index in [0.29, 0.717) is 12.8 Å². The molecular formula is C57H109NO3. The summed E-state index contributed by atoms with van der Waals surface area (Å²) in [5.41, 5.74) is 0. The molecule has 61 heavy (non-hydrogen) atoms. The highest BCUT2D eigenvalue weighted by Crippen LogP contribution is 2.17. The third kappa shape index (κ3) is 49.5. The Hall–Kier alpha value is -1.39. The summed E-state index contributed by atoms with van der Waals surface area (Å²) in [5, 5.41) is 23.3. The van der Waals surface area contributed by atoms with E-state index in [4.69, 9.17) is 0 Å².